The predicted molar refractivity (Wildman–Crippen MR) is 74.1 cm³/mol. The van der Waals surface area contributed by atoms with Gasteiger partial charge in [-0.2, -0.15) is 0 Å². The second kappa shape index (κ2) is 5.92. The molecule has 0 aliphatic rings. The molecule has 0 heteroatoms. The average molecular weight is 210 g/mol. The van der Waals surface area contributed by atoms with Crippen LogP contribution in [0.15, 0.2) is 61.7 Å². The Kier molecular flexibility index (Phi) is 4.53. The fraction of sp³-hybridized carbons (Fsp3) is 0.125. The van der Waals surface area contributed by atoms with Gasteiger partial charge in [-0.1, -0.05) is 61.2 Å². The molecule has 1 aromatic rings. The molecule has 0 fully saturated rings. The summed E-state index contributed by atoms with van der Waals surface area (Å²) in [6.45, 7) is 11.8. The van der Waals surface area contributed by atoms with Crippen LogP contribution in [0, 0.1) is 0 Å². The van der Waals surface area contributed by atoms with Gasteiger partial charge in [-0.15, -0.1) is 0 Å². The lowest BCUT2D eigenvalue weighted by Crippen LogP contribution is -1.84. The molecular formula is C16H18. The first-order valence-corrected chi connectivity index (χ1v) is 5.40. The SMILES string of the molecule is C=C/C(=C\C=C/C)c1cccc(C(=C)C)c1. The van der Waals surface area contributed by atoms with Gasteiger partial charge in [0.05, 0.1) is 0 Å². The predicted octanol–water partition coefficient (Wildman–Crippen LogP) is 4.87. The molecule has 0 saturated heterocycles. The molecule has 0 aliphatic heterocycles. The maximum Gasteiger partial charge on any atom is -0.0178 e. The lowest BCUT2D eigenvalue weighted by atomic mass is 10.00. The molecule has 0 atom stereocenters. The molecule has 82 valence electrons. The van der Waals surface area contributed by atoms with Crippen molar-refractivity contribution in [3.8, 4) is 0 Å². The van der Waals surface area contributed by atoms with Gasteiger partial charge in [0.25, 0.3) is 0 Å². The van der Waals surface area contributed by atoms with E-state index in [2.05, 4.69) is 37.4 Å². The second-order valence-corrected chi connectivity index (χ2v) is 3.71. The van der Waals surface area contributed by atoms with E-state index in [0.717, 1.165) is 11.1 Å². The summed E-state index contributed by atoms with van der Waals surface area (Å²) in [5.41, 5.74) is 4.55. The van der Waals surface area contributed by atoms with Crippen molar-refractivity contribution < 1.29 is 0 Å². The third-order valence-corrected chi connectivity index (χ3v) is 2.38. The first-order valence-electron chi connectivity index (χ1n) is 5.40. The zero-order valence-corrected chi connectivity index (χ0v) is 10.0. The molecule has 16 heavy (non-hydrogen) atoms. The van der Waals surface area contributed by atoms with E-state index in [0.29, 0.717) is 0 Å². The van der Waals surface area contributed by atoms with Crippen LogP contribution < -0.4 is 0 Å². The van der Waals surface area contributed by atoms with Crippen LogP contribution in [0.5, 0.6) is 0 Å². The lowest BCUT2D eigenvalue weighted by Gasteiger charge is -2.05. The smallest absolute Gasteiger partial charge is 0.0178 e. The fourth-order valence-electron chi connectivity index (χ4n) is 1.45. The van der Waals surface area contributed by atoms with E-state index in [9.17, 15) is 0 Å². The number of hydrogen-bond donors (Lipinski definition) is 0. The Labute approximate surface area is 98.3 Å². The van der Waals surface area contributed by atoms with Crippen LogP contribution in [0.25, 0.3) is 11.1 Å². The molecule has 0 radical (unpaired) electrons. The van der Waals surface area contributed by atoms with E-state index in [4.69, 9.17) is 0 Å². The normalized spacial score (nSPS) is 11.8. The number of allylic oxidation sites excluding steroid dienone is 6. The number of rotatable bonds is 4. The van der Waals surface area contributed by atoms with Crippen LogP contribution in [-0.4, -0.2) is 0 Å². The quantitative estimate of drug-likeness (QED) is 0.622. The van der Waals surface area contributed by atoms with E-state index in [1.807, 2.05) is 38.1 Å². The summed E-state index contributed by atoms with van der Waals surface area (Å²) in [7, 11) is 0. The Morgan fingerprint density at radius 1 is 1.25 bits per heavy atom. The summed E-state index contributed by atoms with van der Waals surface area (Å²) in [4.78, 5) is 0. The molecule has 1 rings (SSSR count). The van der Waals surface area contributed by atoms with E-state index in [1.165, 1.54) is 11.1 Å². The highest BCUT2D eigenvalue weighted by atomic mass is 14.0. The van der Waals surface area contributed by atoms with Crippen molar-refractivity contribution in [2.75, 3.05) is 0 Å². The molecule has 0 aliphatic carbocycles. The molecule has 0 aromatic heterocycles. The Bertz CT molecular complexity index is 445. The van der Waals surface area contributed by atoms with Crippen molar-refractivity contribution in [2.45, 2.75) is 13.8 Å². The van der Waals surface area contributed by atoms with Crippen molar-refractivity contribution in [2.24, 2.45) is 0 Å². The van der Waals surface area contributed by atoms with E-state index in [1.54, 1.807) is 0 Å². The van der Waals surface area contributed by atoms with Crippen LogP contribution >= 0.6 is 0 Å². The maximum absolute atomic E-state index is 3.95. The first kappa shape index (κ1) is 12.3. The minimum atomic E-state index is 1.08. The van der Waals surface area contributed by atoms with Gasteiger partial charge in [0, 0.05) is 0 Å². The topological polar surface area (TPSA) is 0 Å². The summed E-state index contributed by atoms with van der Waals surface area (Å²) in [5.74, 6) is 0. The zero-order chi connectivity index (χ0) is 12.0. The van der Waals surface area contributed by atoms with Gasteiger partial charge in [-0.25, -0.2) is 0 Å². The summed E-state index contributed by atoms with van der Waals surface area (Å²) in [5, 5.41) is 0. The second-order valence-electron chi connectivity index (χ2n) is 3.71. The summed E-state index contributed by atoms with van der Waals surface area (Å²) in [6.07, 6.45) is 7.96. The highest BCUT2D eigenvalue weighted by Crippen LogP contribution is 2.20. The Morgan fingerprint density at radius 2 is 1.94 bits per heavy atom. The van der Waals surface area contributed by atoms with Crippen LogP contribution in [-0.2, 0) is 0 Å². The minimum absolute atomic E-state index is 1.08. The van der Waals surface area contributed by atoms with Crippen molar-refractivity contribution >= 4 is 11.1 Å². The van der Waals surface area contributed by atoms with Crippen LogP contribution in [0.3, 0.4) is 0 Å². The zero-order valence-electron chi connectivity index (χ0n) is 10.0. The summed E-state index contributed by atoms with van der Waals surface area (Å²) < 4.78 is 0. The Hall–Kier alpha value is -1.82. The third-order valence-electron chi connectivity index (χ3n) is 2.38. The Balaban J connectivity index is 3.16. The summed E-state index contributed by atoms with van der Waals surface area (Å²) >= 11 is 0. The highest BCUT2D eigenvalue weighted by Gasteiger charge is 1.98. The van der Waals surface area contributed by atoms with Crippen LogP contribution in [0.4, 0.5) is 0 Å². The molecular weight excluding hydrogens is 192 g/mol. The fourth-order valence-corrected chi connectivity index (χ4v) is 1.45. The number of hydrogen-bond acceptors (Lipinski definition) is 0. The average Bonchev–Trinajstić information content (AvgIpc) is 2.30. The minimum Gasteiger partial charge on any atom is -0.0984 e. The van der Waals surface area contributed by atoms with Crippen molar-refractivity contribution in [3.05, 3.63) is 72.9 Å². The Morgan fingerprint density at radius 3 is 2.50 bits per heavy atom. The van der Waals surface area contributed by atoms with Crippen LogP contribution in [0.2, 0.25) is 0 Å². The van der Waals surface area contributed by atoms with Gasteiger partial charge >= 0.3 is 0 Å². The standard InChI is InChI=1S/C16H18/c1-5-7-9-14(6-2)16-11-8-10-15(12-16)13(3)4/h5-12H,2-3H2,1,4H3/b7-5-,14-9+. The van der Waals surface area contributed by atoms with Gasteiger partial charge in [-0.3, -0.25) is 0 Å². The summed E-state index contributed by atoms with van der Waals surface area (Å²) in [6, 6.07) is 8.34. The molecule has 0 heterocycles. The first-order chi connectivity index (χ1) is 7.69. The van der Waals surface area contributed by atoms with Gasteiger partial charge in [-0.05, 0) is 36.6 Å². The van der Waals surface area contributed by atoms with Gasteiger partial charge < -0.3 is 0 Å². The lowest BCUT2D eigenvalue weighted by molar-refractivity contribution is 1.54. The molecule has 0 N–H and O–H groups in total. The van der Waals surface area contributed by atoms with Crippen molar-refractivity contribution in [3.63, 3.8) is 0 Å². The molecule has 0 unspecified atom stereocenters. The molecule has 0 saturated carbocycles. The molecule has 0 nitrogen and oxygen atoms in total. The van der Waals surface area contributed by atoms with E-state index >= 15 is 0 Å². The maximum atomic E-state index is 3.95. The third kappa shape index (κ3) is 3.09. The monoisotopic (exact) mass is 210 g/mol. The molecule has 0 spiro atoms. The molecule has 0 amide bonds. The van der Waals surface area contributed by atoms with Crippen LogP contribution in [0.1, 0.15) is 25.0 Å². The van der Waals surface area contributed by atoms with Gasteiger partial charge in [0.2, 0.25) is 0 Å². The van der Waals surface area contributed by atoms with Gasteiger partial charge in [0.1, 0.15) is 0 Å². The molecule has 1 aromatic carbocycles. The number of benzene rings is 1. The largest absolute Gasteiger partial charge is 0.0984 e. The van der Waals surface area contributed by atoms with Crippen molar-refractivity contribution in [1.29, 1.82) is 0 Å². The van der Waals surface area contributed by atoms with E-state index in [-0.39, 0.29) is 0 Å². The molecule has 0 bridgehead atoms. The highest BCUT2D eigenvalue weighted by molar-refractivity contribution is 5.77. The van der Waals surface area contributed by atoms with Crippen molar-refractivity contribution in [1.82, 2.24) is 0 Å². The van der Waals surface area contributed by atoms with E-state index < -0.39 is 0 Å². The van der Waals surface area contributed by atoms with Gasteiger partial charge in [0.15, 0.2) is 0 Å².